The topological polar surface area (TPSA) is 73.9 Å². The van der Waals surface area contributed by atoms with Gasteiger partial charge in [-0.15, -0.1) is 0 Å². The second kappa shape index (κ2) is 8.39. The summed E-state index contributed by atoms with van der Waals surface area (Å²) in [5.41, 5.74) is 0.953. The number of esters is 1. The highest BCUT2D eigenvalue weighted by Gasteiger charge is 2.18. The SMILES string of the molecule is CCOC(=O)c1cc(Cl)c(NC(=O)c2ccc(OC)cc2)cc1OC. The Labute approximate surface area is 150 Å². The number of methoxy groups -OCH3 is 2. The van der Waals surface area contributed by atoms with Crippen LogP contribution in [0, 0.1) is 0 Å². The first-order valence-electron chi connectivity index (χ1n) is 7.50. The molecule has 7 heteroatoms. The van der Waals surface area contributed by atoms with Gasteiger partial charge in [0.15, 0.2) is 0 Å². The number of ether oxygens (including phenoxy) is 3. The predicted octanol–water partition coefficient (Wildman–Crippen LogP) is 3.79. The summed E-state index contributed by atoms with van der Waals surface area (Å²) in [4.78, 5) is 24.3. The molecular formula is C18H18ClNO5. The minimum atomic E-state index is -0.547. The van der Waals surface area contributed by atoms with Crippen LogP contribution in [0.1, 0.15) is 27.6 Å². The van der Waals surface area contributed by atoms with Gasteiger partial charge < -0.3 is 19.5 Å². The number of hydrogen-bond acceptors (Lipinski definition) is 5. The van der Waals surface area contributed by atoms with Crippen LogP contribution in [0.3, 0.4) is 0 Å². The van der Waals surface area contributed by atoms with E-state index in [0.29, 0.717) is 17.0 Å². The van der Waals surface area contributed by atoms with Crippen LogP contribution in [0.5, 0.6) is 11.5 Å². The Kier molecular flexibility index (Phi) is 6.25. The van der Waals surface area contributed by atoms with Crippen molar-refractivity contribution in [1.82, 2.24) is 0 Å². The van der Waals surface area contributed by atoms with E-state index >= 15 is 0 Å². The number of rotatable bonds is 6. The Hall–Kier alpha value is -2.73. The van der Waals surface area contributed by atoms with Gasteiger partial charge in [0.2, 0.25) is 0 Å². The molecule has 0 aliphatic heterocycles. The molecule has 0 aliphatic carbocycles. The van der Waals surface area contributed by atoms with E-state index in [9.17, 15) is 9.59 Å². The smallest absolute Gasteiger partial charge is 0.341 e. The number of halogens is 1. The van der Waals surface area contributed by atoms with Gasteiger partial charge in [0.05, 0.1) is 31.5 Å². The zero-order valence-corrected chi connectivity index (χ0v) is 14.8. The van der Waals surface area contributed by atoms with E-state index in [2.05, 4.69) is 5.32 Å². The van der Waals surface area contributed by atoms with Crippen LogP contribution in [0.2, 0.25) is 5.02 Å². The quantitative estimate of drug-likeness (QED) is 0.790. The van der Waals surface area contributed by atoms with Crippen LogP contribution in [-0.2, 0) is 4.74 Å². The first-order valence-corrected chi connectivity index (χ1v) is 7.88. The predicted molar refractivity (Wildman–Crippen MR) is 94.9 cm³/mol. The minimum absolute atomic E-state index is 0.191. The number of carbonyl (C=O) groups excluding carboxylic acids is 2. The van der Waals surface area contributed by atoms with Crippen molar-refractivity contribution in [2.45, 2.75) is 6.92 Å². The van der Waals surface area contributed by atoms with Gasteiger partial charge in [-0.3, -0.25) is 4.79 Å². The van der Waals surface area contributed by atoms with E-state index in [1.807, 2.05) is 0 Å². The lowest BCUT2D eigenvalue weighted by molar-refractivity contribution is 0.0522. The molecule has 0 saturated heterocycles. The number of nitrogens with one attached hydrogen (secondary N) is 1. The Balaban J connectivity index is 2.26. The average Bonchev–Trinajstić information content (AvgIpc) is 2.63. The number of anilines is 1. The van der Waals surface area contributed by atoms with Crippen molar-refractivity contribution in [3.8, 4) is 11.5 Å². The van der Waals surface area contributed by atoms with Gasteiger partial charge in [0.1, 0.15) is 17.1 Å². The van der Waals surface area contributed by atoms with Crippen LogP contribution >= 0.6 is 11.6 Å². The molecule has 0 aromatic heterocycles. The van der Waals surface area contributed by atoms with E-state index in [1.165, 1.54) is 19.2 Å². The van der Waals surface area contributed by atoms with Crippen molar-refractivity contribution >= 4 is 29.2 Å². The van der Waals surface area contributed by atoms with Gasteiger partial charge in [-0.25, -0.2) is 4.79 Å². The summed E-state index contributed by atoms with van der Waals surface area (Å²) in [7, 11) is 2.97. The van der Waals surface area contributed by atoms with Gasteiger partial charge in [-0.05, 0) is 37.3 Å². The molecule has 6 nitrogen and oxygen atoms in total. The molecule has 0 fully saturated rings. The monoisotopic (exact) mass is 363 g/mol. The molecule has 2 rings (SSSR count). The molecule has 2 aromatic carbocycles. The van der Waals surface area contributed by atoms with Crippen molar-refractivity contribution in [3.63, 3.8) is 0 Å². The molecule has 1 N–H and O–H groups in total. The van der Waals surface area contributed by atoms with E-state index < -0.39 is 5.97 Å². The molecule has 25 heavy (non-hydrogen) atoms. The maximum absolute atomic E-state index is 12.3. The zero-order valence-electron chi connectivity index (χ0n) is 14.1. The maximum atomic E-state index is 12.3. The lowest BCUT2D eigenvalue weighted by atomic mass is 10.1. The van der Waals surface area contributed by atoms with Crippen LogP contribution < -0.4 is 14.8 Å². The normalized spacial score (nSPS) is 10.1. The summed E-state index contributed by atoms with van der Waals surface area (Å²) in [5.74, 6) is 0.00712. The Morgan fingerprint density at radius 1 is 1.08 bits per heavy atom. The van der Waals surface area contributed by atoms with E-state index in [0.717, 1.165) is 0 Å². The van der Waals surface area contributed by atoms with Crippen molar-refractivity contribution in [3.05, 3.63) is 52.5 Å². The fraction of sp³-hybridized carbons (Fsp3) is 0.222. The molecule has 2 aromatic rings. The molecule has 0 heterocycles. The number of amides is 1. The summed E-state index contributed by atoms with van der Waals surface area (Å²) >= 11 is 6.18. The van der Waals surface area contributed by atoms with E-state index in [-0.39, 0.29) is 28.8 Å². The Morgan fingerprint density at radius 2 is 1.76 bits per heavy atom. The van der Waals surface area contributed by atoms with Crippen LogP contribution in [-0.4, -0.2) is 32.7 Å². The highest BCUT2D eigenvalue weighted by atomic mass is 35.5. The Morgan fingerprint density at radius 3 is 2.32 bits per heavy atom. The summed E-state index contributed by atoms with van der Waals surface area (Å²) < 4.78 is 15.2. The highest BCUT2D eigenvalue weighted by molar-refractivity contribution is 6.34. The van der Waals surface area contributed by atoms with Crippen molar-refractivity contribution in [2.75, 3.05) is 26.1 Å². The van der Waals surface area contributed by atoms with Crippen LogP contribution in [0.25, 0.3) is 0 Å². The molecule has 1 amide bonds. The number of benzene rings is 2. The summed E-state index contributed by atoms with van der Waals surface area (Å²) in [5, 5.41) is 2.89. The van der Waals surface area contributed by atoms with E-state index in [4.69, 9.17) is 25.8 Å². The van der Waals surface area contributed by atoms with Crippen molar-refractivity contribution in [2.24, 2.45) is 0 Å². The Bertz CT molecular complexity index is 774. The lowest BCUT2D eigenvalue weighted by Crippen LogP contribution is -2.13. The first kappa shape index (κ1) is 18.6. The summed E-state index contributed by atoms with van der Waals surface area (Å²) in [6, 6.07) is 9.51. The van der Waals surface area contributed by atoms with E-state index in [1.54, 1.807) is 38.3 Å². The summed E-state index contributed by atoms with van der Waals surface area (Å²) in [6.07, 6.45) is 0. The van der Waals surface area contributed by atoms with Crippen molar-refractivity contribution < 1.29 is 23.8 Å². The molecule has 0 saturated carbocycles. The fourth-order valence-corrected chi connectivity index (χ4v) is 2.33. The van der Waals surface area contributed by atoms with Gasteiger partial charge >= 0.3 is 5.97 Å². The molecule has 132 valence electrons. The molecule has 0 atom stereocenters. The third-order valence-corrected chi connectivity index (χ3v) is 3.70. The van der Waals surface area contributed by atoms with Crippen molar-refractivity contribution in [1.29, 1.82) is 0 Å². The number of carbonyl (C=O) groups is 2. The lowest BCUT2D eigenvalue weighted by Gasteiger charge is -2.13. The average molecular weight is 364 g/mol. The fourth-order valence-electron chi connectivity index (χ4n) is 2.12. The summed E-state index contributed by atoms with van der Waals surface area (Å²) in [6.45, 7) is 1.94. The second-order valence-corrected chi connectivity index (χ2v) is 5.34. The van der Waals surface area contributed by atoms with Crippen LogP contribution in [0.15, 0.2) is 36.4 Å². The van der Waals surface area contributed by atoms with Gasteiger partial charge in [-0.2, -0.15) is 0 Å². The first-order chi connectivity index (χ1) is 12.0. The number of hydrogen-bond donors (Lipinski definition) is 1. The van der Waals surface area contributed by atoms with Crippen LogP contribution in [0.4, 0.5) is 5.69 Å². The van der Waals surface area contributed by atoms with Gasteiger partial charge in [0, 0.05) is 11.6 Å². The van der Waals surface area contributed by atoms with Gasteiger partial charge in [-0.1, -0.05) is 11.6 Å². The standard InChI is InChI=1S/C18H18ClNO5/c1-4-25-18(22)13-9-14(19)15(10-16(13)24-3)20-17(21)11-5-7-12(23-2)8-6-11/h5-10H,4H2,1-3H3,(H,20,21). The van der Waals surface area contributed by atoms with Gasteiger partial charge in [0.25, 0.3) is 5.91 Å². The second-order valence-electron chi connectivity index (χ2n) is 4.94. The largest absolute Gasteiger partial charge is 0.497 e. The molecule has 0 radical (unpaired) electrons. The molecular weight excluding hydrogens is 346 g/mol. The molecule has 0 bridgehead atoms. The minimum Gasteiger partial charge on any atom is -0.497 e. The molecule has 0 spiro atoms. The third kappa shape index (κ3) is 4.42. The zero-order chi connectivity index (χ0) is 18.4. The highest BCUT2D eigenvalue weighted by Crippen LogP contribution is 2.32. The maximum Gasteiger partial charge on any atom is 0.341 e. The molecule has 0 unspecified atom stereocenters. The third-order valence-electron chi connectivity index (χ3n) is 3.38. The molecule has 0 aliphatic rings.